The number of fused-ring (bicyclic) bond motifs is 2. The number of aliphatic hydroxyl groups excluding tert-OH is 1. The zero-order valence-electron chi connectivity index (χ0n) is 14.4. The van der Waals surface area contributed by atoms with Crippen LogP contribution in [-0.2, 0) is 11.3 Å². The van der Waals surface area contributed by atoms with Crippen LogP contribution in [0.2, 0.25) is 0 Å². The van der Waals surface area contributed by atoms with Gasteiger partial charge in [0.15, 0.2) is 17.1 Å². The Kier molecular flexibility index (Phi) is 4.55. The minimum atomic E-state index is -0.914. The Morgan fingerprint density at radius 2 is 1.93 bits per heavy atom. The summed E-state index contributed by atoms with van der Waals surface area (Å²) in [5.74, 6) is 0.201. The number of para-hydroxylation sites is 2. The smallest absolute Gasteiger partial charge is 0.420 e. The number of oxazole rings is 1. The molecule has 8 heteroatoms. The largest absolute Gasteiger partial charge is 0.486 e. The van der Waals surface area contributed by atoms with Crippen LogP contribution < -0.4 is 20.5 Å². The standard InChI is InChI=1S/C19H18N2O6/c22-14(12-5-6-16-17(9-12)26-8-7-25-16)10-20-18(23)11-21-13-3-1-2-4-15(13)27-19(21)24/h1-6,9,14,22H,7-8,10-11H2,(H,20,23)/t14-/m0/s1. The monoisotopic (exact) mass is 370 g/mol. The Hall–Kier alpha value is -3.26. The van der Waals surface area contributed by atoms with Gasteiger partial charge in [-0.05, 0) is 29.8 Å². The van der Waals surface area contributed by atoms with Crippen LogP contribution in [0.1, 0.15) is 11.7 Å². The van der Waals surface area contributed by atoms with Gasteiger partial charge in [0.25, 0.3) is 0 Å². The fraction of sp³-hybridized carbons (Fsp3) is 0.263. The van der Waals surface area contributed by atoms with E-state index in [1.54, 1.807) is 42.5 Å². The highest BCUT2D eigenvalue weighted by molar-refractivity contribution is 5.79. The second-order valence-electron chi connectivity index (χ2n) is 6.14. The minimum Gasteiger partial charge on any atom is -0.486 e. The maximum Gasteiger partial charge on any atom is 0.420 e. The normalized spacial score (nSPS) is 14.1. The second kappa shape index (κ2) is 7.16. The molecule has 0 saturated heterocycles. The molecule has 0 unspecified atom stereocenters. The van der Waals surface area contributed by atoms with Crippen molar-refractivity contribution >= 4 is 17.0 Å². The fourth-order valence-electron chi connectivity index (χ4n) is 2.96. The van der Waals surface area contributed by atoms with Crippen molar-refractivity contribution in [3.05, 3.63) is 58.6 Å². The molecule has 0 spiro atoms. The summed E-state index contributed by atoms with van der Waals surface area (Å²) in [6.07, 6.45) is -0.914. The van der Waals surface area contributed by atoms with Crippen LogP contribution >= 0.6 is 0 Å². The van der Waals surface area contributed by atoms with E-state index in [2.05, 4.69) is 5.32 Å². The molecule has 0 bridgehead atoms. The van der Waals surface area contributed by atoms with Crippen molar-refractivity contribution < 1.29 is 23.8 Å². The van der Waals surface area contributed by atoms with E-state index < -0.39 is 17.8 Å². The van der Waals surface area contributed by atoms with E-state index in [0.717, 1.165) is 0 Å². The lowest BCUT2D eigenvalue weighted by Crippen LogP contribution is -2.33. The highest BCUT2D eigenvalue weighted by atomic mass is 16.6. The first kappa shape index (κ1) is 17.2. The number of carbonyl (C=O) groups is 1. The highest BCUT2D eigenvalue weighted by Crippen LogP contribution is 2.32. The number of hydrogen-bond donors (Lipinski definition) is 2. The number of rotatable bonds is 5. The summed E-state index contributed by atoms with van der Waals surface area (Å²) >= 11 is 0. The van der Waals surface area contributed by atoms with Gasteiger partial charge in [-0.1, -0.05) is 18.2 Å². The lowest BCUT2D eigenvalue weighted by molar-refractivity contribution is -0.122. The van der Waals surface area contributed by atoms with Crippen molar-refractivity contribution in [3.8, 4) is 11.5 Å². The zero-order chi connectivity index (χ0) is 18.8. The number of amides is 1. The molecule has 1 aliphatic rings. The molecule has 140 valence electrons. The number of ether oxygens (including phenoxy) is 2. The first-order valence-electron chi connectivity index (χ1n) is 8.54. The number of nitrogens with one attached hydrogen (secondary N) is 1. The minimum absolute atomic E-state index is 0.00299. The first-order chi connectivity index (χ1) is 13.1. The van der Waals surface area contributed by atoms with Gasteiger partial charge in [-0.2, -0.15) is 0 Å². The summed E-state index contributed by atoms with van der Waals surface area (Å²) in [5.41, 5.74) is 1.57. The van der Waals surface area contributed by atoms with Gasteiger partial charge in [0, 0.05) is 6.54 Å². The molecule has 1 aliphatic heterocycles. The van der Waals surface area contributed by atoms with Crippen molar-refractivity contribution in [2.75, 3.05) is 19.8 Å². The molecular formula is C19H18N2O6. The number of aliphatic hydroxyl groups is 1. The number of benzene rings is 2. The Balaban J connectivity index is 1.40. The van der Waals surface area contributed by atoms with Gasteiger partial charge < -0.3 is 24.3 Å². The third kappa shape index (κ3) is 3.52. The number of aromatic nitrogens is 1. The van der Waals surface area contributed by atoms with Gasteiger partial charge in [-0.25, -0.2) is 4.79 Å². The third-order valence-corrected chi connectivity index (χ3v) is 4.32. The van der Waals surface area contributed by atoms with Gasteiger partial charge in [-0.3, -0.25) is 9.36 Å². The Morgan fingerprint density at radius 1 is 1.15 bits per heavy atom. The molecule has 8 nitrogen and oxygen atoms in total. The van der Waals surface area contributed by atoms with E-state index >= 15 is 0 Å². The van der Waals surface area contributed by atoms with Crippen LogP contribution in [0.3, 0.4) is 0 Å². The molecule has 4 rings (SSSR count). The molecule has 0 fully saturated rings. The summed E-state index contributed by atoms with van der Waals surface area (Å²) in [4.78, 5) is 24.1. The van der Waals surface area contributed by atoms with Crippen LogP contribution in [0.5, 0.6) is 11.5 Å². The first-order valence-corrected chi connectivity index (χ1v) is 8.54. The zero-order valence-corrected chi connectivity index (χ0v) is 14.4. The van der Waals surface area contributed by atoms with Crippen molar-refractivity contribution in [2.24, 2.45) is 0 Å². The molecule has 0 radical (unpaired) electrons. The second-order valence-corrected chi connectivity index (χ2v) is 6.14. The molecule has 3 aromatic rings. The van der Waals surface area contributed by atoms with Gasteiger partial charge in [0.2, 0.25) is 5.91 Å². The Labute approximate surface area is 153 Å². The summed E-state index contributed by atoms with van der Waals surface area (Å²) in [6, 6.07) is 12.0. The van der Waals surface area contributed by atoms with Crippen molar-refractivity contribution in [2.45, 2.75) is 12.6 Å². The van der Waals surface area contributed by atoms with Crippen molar-refractivity contribution in [1.29, 1.82) is 0 Å². The van der Waals surface area contributed by atoms with E-state index in [-0.39, 0.29) is 13.1 Å². The predicted molar refractivity (Wildman–Crippen MR) is 95.9 cm³/mol. The van der Waals surface area contributed by atoms with E-state index in [9.17, 15) is 14.7 Å². The molecule has 2 N–H and O–H groups in total. The quantitative estimate of drug-likeness (QED) is 0.700. The van der Waals surface area contributed by atoms with Crippen LogP contribution in [0, 0.1) is 0 Å². The SMILES string of the molecule is O=C(Cn1c(=O)oc2ccccc21)NC[C@H](O)c1ccc2c(c1)OCCO2. The van der Waals surface area contributed by atoms with Crippen LogP contribution in [0.25, 0.3) is 11.1 Å². The molecule has 0 saturated carbocycles. The van der Waals surface area contributed by atoms with Crippen molar-refractivity contribution in [3.63, 3.8) is 0 Å². The molecule has 1 atom stereocenters. The molecule has 2 heterocycles. The summed E-state index contributed by atoms with van der Waals surface area (Å²) in [6.45, 7) is 0.760. The lowest BCUT2D eigenvalue weighted by atomic mass is 10.1. The van der Waals surface area contributed by atoms with Crippen LogP contribution in [0.4, 0.5) is 0 Å². The maximum atomic E-state index is 12.2. The number of nitrogens with zero attached hydrogens (tertiary/aromatic N) is 1. The Morgan fingerprint density at radius 3 is 2.78 bits per heavy atom. The Bertz CT molecular complexity index is 1040. The molecule has 2 aromatic carbocycles. The van der Waals surface area contributed by atoms with Gasteiger partial charge in [0.1, 0.15) is 19.8 Å². The third-order valence-electron chi connectivity index (χ3n) is 4.32. The van der Waals surface area contributed by atoms with E-state index in [0.29, 0.717) is 41.4 Å². The number of carbonyl (C=O) groups excluding carboxylic acids is 1. The van der Waals surface area contributed by atoms with Crippen LogP contribution in [-0.4, -0.2) is 35.3 Å². The van der Waals surface area contributed by atoms with E-state index in [1.165, 1.54) is 4.57 Å². The van der Waals surface area contributed by atoms with Crippen LogP contribution in [0.15, 0.2) is 51.7 Å². The molecule has 0 aliphatic carbocycles. The van der Waals surface area contributed by atoms with Gasteiger partial charge in [-0.15, -0.1) is 0 Å². The topological polar surface area (TPSA) is 103 Å². The van der Waals surface area contributed by atoms with Gasteiger partial charge in [0.05, 0.1) is 11.6 Å². The highest BCUT2D eigenvalue weighted by Gasteiger charge is 2.17. The lowest BCUT2D eigenvalue weighted by Gasteiger charge is -2.20. The molecule has 27 heavy (non-hydrogen) atoms. The fourth-order valence-corrected chi connectivity index (χ4v) is 2.96. The van der Waals surface area contributed by atoms with Gasteiger partial charge >= 0.3 is 5.76 Å². The average molecular weight is 370 g/mol. The average Bonchev–Trinajstić information content (AvgIpc) is 3.01. The molecule has 1 aromatic heterocycles. The molecular weight excluding hydrogens is 352 g/mol. The number of hydrogen-bond acceptors (Lipinski definition) is 6. The summed E-state index contributed by atoms with van der Waals surface area (Å²) in [5, 5.41) is 13.0. The van der Waals surface area contributed by atoms with Crippen molar-refractivity contribution in [1.82, 2.24) is 9.88 Å². The predicted octanol–water partition coefficient (Wildman–Crippen LogP) is 1.22. The maximum absolute atomic E-state index is 12.2. The molecule has 1 amide bonds. The van der Waals surface area contributed by atoms with E-state index in [1.807, 2.05) is 0 Å². The van der Waals surface area contributed by atoms with E-state index in [4.69, 9.17) is 13.9 Å². The summed E-state index contributed by atoms with van der Waals surface area (Å²) in [7, 11) is 0. The summed E-state index contributed by atoms with van der Waals surface area (Å²) < 4.78 is 17.3.